The summed E-state index contributed by atoms with van der Waals surface area (Å²) in [5, 5.41) is 3.74. The first-order valence-corrected chi connectivity index (χ1v) is 8.68. The van der Waals surface area contributed by atoms with E-state index in [1.54, 1.807) is 26.0 Å². The molecule has 1 atom stereocenters. The second kappa shape index (κ2) is 6.33. The average molecular weight is 320 g/mol. The Bertz CT molecular complexity index is 570. The van der Waals surface area contributed by atoms with Crippen LogP contribution in [-0.4, -0.2) is 33.1 Å². The van der Waals surface area contributed by atoms with Crippen LogP contribution in [0.3, 0.4) is 0 Å². The van der Waals surface area contributed by atoms with E-state index >= 15 is 0 Å². The predicted molar refractivity (Wildman–Crippen MR) is 83.3 cm³/mol. The number of benzene rings is 1. The highest BCUT2D eigenvalue weighted by molar-refractivity contribution is 7.92. The van der Waals surface area contributed by atoms with Gasteiger partial charge in [0.1, 0.15) is 5.75 Å². The van der Waals surface area contributed by atoms with Crippen molar-refractivity contribution in [3.05, 3.63) is 28.8 Å². The highest BCUT2D eigenvalue weighted by Gasteiger charge is 2.39. The molecule has 0 spiro atoms. The van der Waals surface area contributed by atoms with Gasteiger partial charge >= 0.3 is 0 Å². The summed E-state index contributed by atoms with van der Waals surface area (Å²) in [5.74, 6) is 0.538. The third-order valence-corrected chi connectivity index (χ3v) is 6.03. The van der Waals surface area contributed by atoms with Crippen LogP contribution in [0.1, 0.15) is 32.4 Å². The molecular formula is C14H22ClNO3S. The maximum Gasteiger partial charge on any atom is 0.154 e. The van der Waals surface area contributed by atoms with E-state index in [9.17, 15) is 8.42 Å². The zero-order valence-electron chi connectivity index (χ0n) is 12.5. The monoisotopic (exact) mass is 319 g/mol. The normalized spacial score (nSPS) is 14.1. The fraction of sp³-hybridized carbons (Fsp3) is 0.571. The lowest BCUT2D eigenvalue weighted by atomic mass is 9.95. The van der Waals surface area contributed by atoms with Crippen LogP contribution in [0.25, 0.3) is 0 Å². The molecule has 1 unspecified atom stereocenters. The summed E-state index contributed by atoms with van der Waals surface area (Å²) in [6, 6.07) is 4.99. The van der Waals surface area contributed by atoms with Crippen LogP contribution in [0.5, 0.6) is 5.75 Å². The summed E-state index contributed by atoms with van der Waals surface area (Å²) < 4.78 is 28.4. The molecule has 1 aromatic carbocycles. The minimum absolute atomic E-state index is 0.339. The Morgan fingerprint density at radius 1 is 1.40 bits per heavy atom. The predicted octanol–water partition coefficient (Wildman–Crippen LogP) is 2.82. The Hall–Kier alpha value is -0.780. The number of methoxy groups -OCH3 is 1. The summed E-state index contributed by atoms with van der Waals surface area (Å²) in [7, 11) is -1.70. The van der Waals surface area contributed by atoms with Gasteiger partial charge < -0.3 is 10.1 Å². The Morgan fingerprint density at radius 2 is 2.00 bits per heavy atom. The van der Waals surface area contributed by atoms with E-state index in [1.807, 2.05) is 13.0 Å². The van der Waals surface area contributed by atoms with Crippen molar-refractivity contribution >= 4 is 21.4 Å². The lowest BCUT2D eigenvalue weighted by Gasteiger charge is -2.34. The smallest absolute Gasteiger partial charge is 0.154 e. The van der Waals surface area contributed by atoms with Gasteiger partial charge in [0.05, 0.1) is 22.9 Å². The molecule has 0 amide bonds. The first-order valence-electron chi connectivity index (χ1n) is 6.41. The fourth-order valence-electron chi connectivity index (χ4n) is 2.04. The summed E-state index contributed by atoms with van der Waals surface area (Å²) in [6.07, 6.45) is 1.25. The molecule has 1 N–H and O–H groups in total. The highest BCUT2D eigenvalue weighted by Crippen LogP contribution is 2.35. The van der Waals surface area contributed by atoms with E-state index in [1.165, 1.54) is 13.4 Å². The van der Waals surface area contributed by atoms with Gasteiger partial charge in [0.15, 0.2) is 9.84 Å². The Labute approximate surface area is 126 Å². The first kappa shape index (κ1) is 17.3. The minimum Gasteiger partial charge on any atom is -0.495 e. The Morgan fingerprint density at radius 3 is 2.45 bits per heavy atom. The molecule has 0 heterocycles. The molecule has 0 aromatic heterocycles. The number of halogens is 1. The quantitative estimate of drug-likeness (QED) is 0.876. The van der Waals surface area contributed by atoms with Crippen LogP contribution < -0.4 is 10.1 Å². The van der Waals surface area contributed by atoms with Gasteiger partial charge in [-0.2, -0.15) is 0 Å². The minimum atomic E-state index is -3.24. The van der Waals surface area contributed by atoms with Crippen molar-refractivity contribution in [2.75, 3.05) is 19.9 Å². The summed E-state index contributed by atoms with van der Waals surface area (Å²) >= 11 is 6.02. The molecule has 114 valence electrons. The Balaban J connectivity index is 3.35. The SMILES string of the molecule is CCNC(c1ccc(Cl)c(OC)c1)C(C)(C)S(C)(=O)=O. The van der Waals surface area contributed by atoms with Crippen LogP contribution in [0.15, 0.2) is 18.2 Å². The molecule has 0 fully saturated rings. The molecule has 1 rings (SSSR count). The van der Waals surface area contributed by atoms with Crippen molar-refractivity contribution < 1.29 is 13.2 Å². The first-order chi connectivity index (χ1) is 9.15. The van der Waals surface area contributed by atoms with Gasteiger partial charge in [-0.3, -0.25) is 0 Å². The zero-order chi connectivity index (χ0) is 15.6. The van der Waals surface area contributed by atoms with Crippen LogP contribution in [0, 0.1) is 0 Å². The molecule has 0 radical (unpaired) electrons. The van der Waals surface area contributed by atoms with Gasteiger partial charge in [0.25, 0.3) is 0 Å². The van der Waals surface area contributed by atoms with Crippen LogP contribution in [0.2, 0.25) is 5.02 Å². The largest absolute Gasteiger partial charge is 0.495 e. The van der Waals surface area contributed by atoms with Crippen molar-refractivity contribution in [1.29, 1.82) is 0 Å². The van der Waals surface area contributed by atoms with E-state index in [4.69, 9.17) is 16.3 Å². The van der Waals surface area contributed by atoms with Crippen molar-refractivity contribution in [2.24, 2.45) is 0 Å². The molecule has 0 aliphatic carbocycles. The van der Waals surface area contributed by atoms with Crippen molar-refractivity contribution in [1.82, 2.24) is 5.32 Å². The van der Waals surface area contributed by atoms with E-state index in [0.29, 0.717) is 17.3 Å². The molecular weight excluding hydrogens is 298 g/mol. The highest BCUT2D eigenvalue weighted by atomic mass is 35.5. The maximum absolute atomic E-state index is 12.1. The zero-order valence-corrected chi connectivity index (χ0v) is 14.1. The van der Waals surface area contributed by atoms with E-state index < -0.39 is 14.6 Å². The average Bonchev–Trinajstić information content (AvgIpc) is 2.35. The molecule has 4 nitrogen and oxygen atoms in total. The van der Waals surface area contributed by atoms with Gasteiger partial charge in [-0.15, -0.1) is 0 Å². The number of nitrogens with one attached hydrogen (secondary N) is 1. The van der Waals surface area contributed by atoms with Crippen molar-refractivity contribution in [3.8, 4) is 5.75 Å². The van der Waals surface area contributed by atoms with Gasteiger partial charge in [-0.05, 0) is 38.1 Å². The van der Waals surface area contributed by atoms with Gasteiger partial charge in [-0.25, -0.2) is 8.42 Å². The van der Waals surface area contributed by atoms with Crippen LogP contribution >= 0.6 is 11.6 Å². The number of ether oxygens (including phenoxy) is 1. The lowest BCUT2D eigenvalue weighted by Crippen LogP contribution is -2.45. The van der Waals surface area contributed by atoms with E-state index in [2.05, 4.69) is 5.32 Å². The summed E-state index contributed by atoms with van der Waals surface area (Å²) in [6.45, 7) is 6.04. The fourth-order valence-corrected chi connectivity index (χ4v) is 2.88. The number of hydrogen-bond acceptors (Lipinski definition) is 4. The number of rotatable bonds is 6. The molecule has 0 saturated heterocycles. The molecule has 20 heavy (non-hydrogen) atoms. The van der Waals surface area contributed by atoms with E-state index in [-0.39, 0.29) is 6.04 Å². The molecule has 0 saturated carbocycles. The topological polar surface area (TPSA) is 55.4 Å². The van der Waals surface area contributed by atoms with Gasteiger partial charge in [0, 0.05) is 6.26 Å². The number of sulfone groups is 1. The lowest BCUT2D eigenvalue weighted by molar-refractivity contribution is 0.406. The Kier molecular flexibility index (Phi) is 5.46. The second-order valence-corrected chi connectivity index (χ2v) is 8.26. The molecule has 6 heteroatoms. The van der Waals surface area contributed by atoms with Crippen LogP contribution in [0.4, 0.5) is 0 Å². The van der Waals surface area contributed by atoms with E-state index in [0.717, 1.165) is 5.56 Å². The molecule has 0 bridgehead atoms. The molecule has 1 aromatic rings. The maximum atomic E-state index is 12.1. The van der Waals surface area contributed by atoms with Gasteiger partial charge in [-0.1, -0.05) is 24.6 Å². The molecule has 0 aliphatic rings. The molecule has 0 aliphatic heterocycles. The van der Waals surface area contributed by atoms with Crippen molar-refractivity contribution in [2.45, 2.75) is 31.6 Å². The summed E-state index contributed by atoms with van der Waals surface area (Å²) in [5.41, 5.74) is 0.837. The van der Waals surface area contributed by atoms with Crippen LogP contribution in [-0.2, 0) is 9.84 Å². The standard InChI is InChI=1S/C14H22ClNO3S/c1-6-16-13(14(2,3)20(5,17)18)10-7-8-11(15)12(9-10)19-4/h7-9,13,16H,6H2,1-5H3. The van der Waals surface area contributed by atoms with Gasteiger partial charge in [0.2, 0.25) is 0 Å². The second-order valence-electron chi connectivity index (χ2n) is 5.26. The summed E-state index contributed by atoms with van der Waals surface area (Å²) in [4.78, 5) is 0. The third-order valence-electron chi connectivity index (χ3n) is 3.57. The van der Waals surface area contributed by atoms with Crippen molar-refractivity contribution in [3.63, 3.8) is 0 Å². The number of hydrogen-bond donors (Lipinski definition) is 1. The third kappa shape index (κ3) is 3.45.